The zero-order chi connectivity index (χ0) is 8.55. The van der Waals surface area contributed by atoms with Gasteiger partial charge in [-0.25, -0.2) is 9.79 Å². The quantitative estimate of drug-likeness (QED) is 0.676. The van der Waals surface area contributed by atoms with E-state index in [4.69, 9.17) is 5.11 Å². The number of fused-ring (bicyclic) bond motifs is 1. The van der Waals surface area contributed by atoms with Crippen molar-refractivity contribution < 1.29 is 9.90 Å². The van der Waals surface area contributed by atoms with Crippen molar-refractivity contribution >= 4 is 17.4 Å². The van der Waals surface area contributed by atoms with Gasteiger partial charge in [0.2, 0.25) is 0 Å². The van der Waals surface area contributed by atoms with Crippen molar-refractivity contribution in [1.29, 1.82) is 0 Å². The summed E-state index contributed by atoms with van der Waals surface area (Å²) in [6.07, 6.45) is 0.450. The van der Waals surface area contributed by atoms with Gasteiger partial charge in [-0.15, -0.1) is 0 Å². The first kappa shape index (κ1) is 7.03. The number of hydrogen-bond donors (Lipinski definition) is 1. The fraction of sp³-hybridized carbons (Fsp3) is 0.111. The number of rotatable bonds is 1. The molecule has 3 heteroatoms. The van der Waals surface area contributed by atoms with Crippen molar-refractivity contribution in [1.82, 2.24) is 0 Å². The molecule has 0 aromatic heterocycles. The minimum atomic E-state index is -0.925. The summed E-state index contributed by atoms with van der Waals surface area (Å²) in [5.41, 5.74) is 2.01. The molecule has 0 spiro atoms. The average Bonchev–Trinajstić information content (AvgIpc) is 2.46. The third-order valence-electron chi connectivity index (χ3n) is 1.85. The van der Waals surface area contributed by atoms with Gasteiger partial charge in [-0.2, -0.15) is 0 Å². The van der Waals surface area contributed by atoms with E-state index in [1.807, 2.05) is 24.3 Å². The second kappa shape index (κ2) is 2.44. The maximum atomic E-state index is 10.5. The predicted molar refractivity (Wildman–Crippen MR) is 44.9 cm³/mol. The van der Waals surface area contributed by atoms with E-state index >= 15 is 0 Å². The van der Waals surface area contributed by atoms with Crippen molar-refractivity contribution in [3.05, 3.63) is 29.8 Å². The van der Waals surface area contributed by atoms with Gasteiger partial charge in [-0.3, -0.25) is 0 Å². The molecule has 1 aliphatic rings. The molecule has 0 aliphatic carbocycles. The predicted octanol–water partition coefficient (Wildman–Crippen LogP) is 1.40. The van der Waals surface area contributed by atoms with Crippen LogP contribution >= 0.6 is 0 Å². The highest BCUT2D eigenvalue weighted by molar-refractivity contribution is 6.37. The first-order valence-corrected chi connectivity index (χ1v) is 3.66. The zero-order valence-electron chi connectivity index (χ0n) is 6.32. The number of hydrogen-bond acceptors (Lipinski definition) is 2. The number of aliphatic carboxylic acids is 1. The zero-order valence-corrected chi connectivity index (χ0v) is 6.32. The van der Waals surface area contributed by atoms with Crippen LogP contribution < -0.4 is 0 Å². The molecule has 2 rings (SSSR count). The van der Waals surface area contributed by atoms with Crippen LogP contribution in [0.3, 0.4) is 0 Å². The van der Waals surface area contributed by atoms with E-state index in [2.05, 4.69) is 4.99 Å². The van der Waals surface area contributed by atoms with Crippen molar-refractivity contribution in [2.24, 2.45) is 4.99 Å². The molecular formula is C9H7NO2. The van der Waals surface area contributed by atoms with Gasteiger partial charge >= 0.3 is 5.97 Å². The van der Waals surface area contributed by atoms with Gasteiger partial charge in [0.05, 0.1) is 5.69 Å². The van der Waals surface area contributed by atoms with Crippen LogP contribution in [0.4, 0.5) is 5.69 Å². The fourth-order valence-electron chi connectivity index (χ4n) is 1.26. The van der Waals surface area contributed by atoms with Crippen LogP contribution in [0.25, 0.3) is 0 Å². The Hall–Kier alpha value is -1.64. The average molecular weight is 161 g/mol. The summed E-state index contributed by atoms with van der Waals surface area (Å²) in [6.45, 7) is 0. The third-order valence-corrected chi connectivity index (χ3v) is 1.85. The monoisotopic (exact) mass is 161 g/mol. The Bertz CT molecular complexity index is 369. The summed E-state index contributed by atoms with van der Waals surface area (Å²) in [6, 6.07) is 7.46. The van der Waals surface area contributed by atoms with E-state index < -0.39 is 5.97 Å². The Kier molecular flexibility index (Phi) is 1.43. The molecule has 0 radical (unpaired) electrons. The number of aliphatic imine (C=N–C) groups is 1. The first-order valence-electron chi connectivity index (χ1n) is 3.66. The van der Waals surface area contributed by atoms with Crippen LogP contribution in [-0.2, 0) is 11.2 Å². The van der Waals surface area contributed by atoms with E-state index in [-0.39, 0.29) is 5.71 Å². The summed E-state index contributed by atoms with van der Waals surface area (Å²) in [5, 5.41) is 8.65. The molecule has 1 aromatic carbocycles. The van der Waals surface area contributed by atoms with Crippen LogP contribution in [0.5, 0.6) is 0 Å². The Morgan fingerprint density at radius 2 is 2.17 bits per heavy atom. The van der Waals surface area contributed by atoms with E-state index in [1.54, 1.807) is 0 Å². The van der Waals surface area contributed by atoms with E-state index in [0.29, 0.717) is 6.42 Å². The summed E-state index contributed by atoms with van der Waals surface area (Å²) >= 11 is 0. The van der Waals surface area contributed by atoms with Crippen molar-refractivity contribution in [2.45, 2.75) is 6.42 Å². The maximum Gasteiger partial charge on any atom is 0.350 e. The molecule has 0 saturated heterocycles. The molecule has 1 N–H and O–H groups in total. The van der Waals surface area contributed by atoms with Gasteiger partial charge in [0, 0.05) is 6.42 Å². The molecule has 12 heavy (non-hydrogen) atoms. The number of benzene rings is 1. The normalized spacial score (nSPS) is 13.8. The van der Waals surface area contributed by atoms with Gasteiger partial charge in [0.25, 0.3) is 0 Å². The van der Waals surface area contributed by atoms with Crippen LogP contribution in [0.2, 0.25) is 0 Å². The molecule has 0 saturated carbocycles. The number of carboxylic acid groups (broad SMARTS) is 1. The summed E-state index contributed by atoms with van der Waals surface area (Å²) in [4.78, 5) is 14.5. The van der Waals surface area contributed by atoms with E-state index in [0.717, 1.165) is 11.3 Å². The Morgan fingerprint density at radius 1 is 1.42 bits per heavy atom. The van der Waals surface area contributed by atoms with Crippen LogP contribution in [-0.4, -0.2) is 16.8 Å². The molecule has 1 heterocycles. The summed E-state index contributed by atoms with van der Waals surface area (Å²) in [5.74, 6) is -0.925. The van der Waals surface area contributed by atoms with E-state index in [1.165, 1.54) is 0 Å². The van der Waals surface area contributed by atoms with Crippen molar-refractivity contribution in [3.63, 3.8) is 0 Å². The third kappa shape index (κ3) is 0.993. The molecule has 1 aromatic rings. The molecular weight excluding hydrogens is 154 g/mol. The number of carboxylic acids is 1. The van der Waals surface area contributed by atoms with Gasteiger partial charge < -0.3 is 5.11 Å². The standard InChI is InChI=1S/C9H7NO2/c11-9(12)8-5-6-3-1-2-4-7(6)10-8/h1-4H,5H2,(H,11,12). The van der Waals surface area contributed by atoms with Crippen LogP contribution in [0.1, 0.15) is 5.56 Å². The maximum absolute atomic E-state index is 10.5. The Morgan fingerprint density at radius 3 is 2.83 bits per heavy atom. The van der Waals surface area contributed by atoms with Gasteiger partial charge in [-0.1, -0.05) is 18.2 Å². The highest BCUT2D eigenvalue weighted by Crippen LogP contribution is 2.25. The van der Waals surface area contributed by atoms with Crippen molar-refractivity contribution in [2.75, 3.05) is 0 Å². The number of nitrogens with zero attached hydrogens (tertiary/aromatic N) is 1. The minimum absolute atomic E-state index is 0.233. The highest BCUT2D eigenvalue weighted by Gasteiger charge is 2.18. The number of carbonyl (C=O) groups is 1. The van der Waals surface area contributed by atoms with Gasteiger partial charge in [0.1, 0.15) is 5.71 Å². The highest BCUT2D eigenvalue weighted by atomic mass is 16.4. The molecule has 1 aliphatic heterocycles. The molecule has 0 amide bonds. The lowest BCUT2D eigenvalue weighted by molar-refractivity contribution is -0.129. The summed E-state index contributed by atoms with van der Waals surface area (Å²) in [7, 11) is 0. The molecule has 60 valence electrons. The molecule has 0 bridgehead atoms. The minimum Gasteiger partial charge on any atom is -0.477 e. The second-order valence-corrected chi connectivity index (χ2v) is 2.67. The molecule has 0 fully saturated rings. The Labute approximate surface area is 69.4 Å². The molecule has 0 unspecified atom stereocenters. The largest absolute Gasteiger partial charge is 0.477 e. The fourth-order valence-corrected chi connectivity index (χ4v) is 1.26. The lowest BCUT2D eigenvalue weighted by atomic mass is 10.1. The smallest absolute Gasteiger partial charge is 0.350 e. The molecule has 0 atom stereocenters. The molecule has 3 nitrogen and oxygen atoms in total. The van der Waals surface area contributed by atoms with Crippen molar-refractivity contribution in [3.8, 4) is 0 Å². The summed E-state index contributed by atoms with van der Waals surface area (Å²) < 4.78 is 0. The topological polar surface area (TPSA) is 49.7 Å². The lowest BCUT2D eigenvalue weighted by Gasteiger charge is -1.91. The van der Waals surface area contributed by atoms with Gasteiger partial charge in [-0.05, 0) is 11.6 Å². The van der Waals surface area contributed by atoms with Crippen LogP contribution in [0.15, 0.2) is 29.3 Å². The SMILES string of the molecule is O=C(O)C1=Nc2ccccc2C1. The van der Waals surface area contributed by atoms with E-state index in [9.17, 15) is 4.79 Å². The first-order chi connectivity index (χ1) is 5.77. The Balaban J connectivity index is 2.41. The lowest BCUT2D eigenvalue weighted by Crippen LogP contribution is -2.11. The van der Waals surface area contributed by atoms with Gasteiger partial charge in [0.15, 0.2) is 0 Å². The second-order valence-electron chi connectivity index (χ2n) is 2.67. The van der Waals surface area contributed by atoms with Crippen LogP contribution in [0, 0.1) is 0 Å². The number of para-hydroxylation sites is 1.